The SMILES string of the molecule is CCCC1CCC(CCc2ccc(Cl)cc2)CC1. The fraction of sp³-hybridized carbons (Fsp3) is 0.647. The van der Waals surface area contributed by atoms with Crippen LogP contribution >= 0.6 is 11.6 Å². The summed E-state index contributed by atoms with van der Waals surface area (Å²) < 4.78 is 0. The van der Waals surface area contributed by atoms with Gasteiger partial charge >= 0.3 is 0 Å². The lowest BCUT2D eigenvalue weighted by atomic mass is 9.78. The molecule has 0 nitrogen and oxygen atoms in total. The lowest BCUT2D eigenvalue weighted by molar-refractivity contribution is 0.252. The Hall–Kier alpha value is -0.490. The van der Waals surface area contributed by atoms with Crippen LogP contribution in [0.5, 0.6) is 0 Å². The summed E-state index contributed by atoms with van der Waals surface area (Å²) in [6.45, 7) is 2.31. The van der Waals surface area contributed by atoms with Crippen molar-refractivity contribution in [3.05, 3.63) is 34.9 Å². The minimum absolute atomic E-state index is 0.846. The Kier molecular flexibility index (Phi) is 5.56. The summed E-state index contributed by atoms with van der Waals surface area (Å²) in [6, 6.07) is 8.36. The van der Waals surface area contributed by atoms with Crippen molar-refractivity contribution in [1.82, 2.24) is 0 Å². The standard InChI is InChI=1S/C17H25Cl/c1-2-3-14-4-6-15(7-5-14)8-9-16-10-12-17(18)13-11-16/h10-15H,2-9H2,1H3. The third-order valence-electron chi connectivity index (χ3n) is 4.42. The van der Waals surface area contributed by atoms with Crippen LogP contribution in [0.1, 0.15) is 57.4 Å². The zero-order valence-corrected chi connectivity index (χ0v) is 12.3. The predicted molar refractivity (Wildman–Crippen MR) is 80.1 cm³/mol. The Morgan fingerprint density at radius 1 is 0.944 bits per heavy atom. The number of hydrogen-bond donors (Lipinski definition) is 0. The monoisotopic (exact) mass is 264 g/mol. The normalized spacial score (nSPS) is 24.1. The van der Waals surface area contributed by atoms with Crippen LogP contribution in [0.15, 0.2) is 24.3 Å². The molecule has 1 aliphatic carbocycles. The molecular weight excluding hydrogens is 240 g/mol. The van der Waals surface area contributed by atoms with Crippen molar-refractivity contribution in [2.45, 2.75) is 58.3 Å². The van der Waals surface area contributed by atoms with Gasteiger partial charge in [0, 0.05) is 5.02 Å². The highest BCUT2D eigenvalue weighted by atomic mass is 35.5. The van der Waals surface area contributed by atoms with Crippen LogP contribution in [0, 0.1) is 11.8 Å². The maximum atomic E-state index is 5.91. The molecule has 1 saturated carbocycles. The summed E-state index contributed by atoms with van der Waals surface area (Å²) in [4.78, 5) is 0. The quantitative estimate of drug-likeness (QED) is 0.623. The lowest BCUT2D eigenvalue weighted by Crippen LogP contribution is -2.15. The molecule has 1 aliphatic rings. The Bertz CT molecular complexity index is 333. The van der Waals surface area contributed by atoms with E-state index in [1.807, 2.05) is 12.1 Å². The van der Waals surface area contributed by atoms with E-state index in [0.717, 1.165) is 16.9 Å². The molecule has 0 spiro atoms. The maximum Gasteiger partial charge on any atom is 0.0406 e. The van der Waals surface area contributed by atoms with Gasteiger partial charge in [-0.2, -0.15) is 0 Å². The van der Waals surface area contributed by atoms with E-state index in [-0.39, 0.29) is 0 Å². The third-order valence-corrected chi connectivity index (χ3v) is 4.67. The van der Waals surface area contributed by atoms with Gasteiger partial charge in [0.1, 0.15) is 0 Å². The molecule has 1 fully saturated rings. The molecular formula is C17H25Cl. The first-order valence-electron chi connectivity index (χ1n) is 7.52. The van der Waals surface area contributed by atoms with E-state index in [2.05, 4.69) is 19.1 Å². The van der Waals surface area contributed by atoms with Crippen molar-refractivity contribution in [2.24, 2.45) is 11.8 Å². The second kappa shape index (κ2) is 7.19. The second-order valence-electron chi connectivity index (χ2n) is 5.84. The highest BCUT2D eigenvalue weighted by Gasteiger charge is 2.20. The molecule has 0 aromatic heterocycles. The summed E-state index contributed by atoms with van der Waals surface area (Å²) >= 11 is 5.91. The lowest BCUT2D eigenvalue weighted by Gasteiger charge is -2.28. The van der Waals surface area contributed by atoms with Crippen molar-refractivity contribution >= 4 is 11.6 Å². The van der Waals surface area contributed by atoms with Gasteiger partial charge in [0.25, 0.3) is 0 Å². The van der Waals surface area contributed by atoms with E-state index in [4.69, 9.17) is 11.6 Å². The fourth-order valence-electron chi connectivity index (χ4n) is 3.24. The molecule has 0 atom stereocenters. The molecule has 0 bridgehead atoms. The van der Waals surface area contributed by atoms with Gasteiger partial charge in [-0.15, -0.1) is 0 Å². The van der Waals surface area contributed by atoms with E-state index in [1.165, 1.54) is 56.9 Å². The largest absolute Gasteiger partial charge is 0.0843 e. The molecule has 0 heterocycles. The van der Waals surface area contributed by atoms with Crippen LogP contribution in [0.2, 0.25) is 5.02 Å². The fourth-order valence-corrected chi connectivity index (χ4v) is 3.36. The highest BCUT2D eigenvalue weighted by molar-refractivity contribution is 6.30. The minimum atomic E-state index is 0.846. The Balaban J connectivity index is 1.70. The summed E-state index contributed by atoms with van der Waals surface area (Å²) in [6.07, 6.45) is 11.2. The van der Waals surface area contributed by atoms with Crippen LogP contribution < -0.4 is 0 Å². The predicted octanol–water partition coefficient (Wildman–Crippen LogP) is 5.88. The van der Waals surface area contributed by atoms with Gasteiger partial charge in [0.2, 0.25) is 0 Å². The van der Waals surface area contributed by atoms with Crippen molar-refractivity contribution in [3.63, 3.8) is 0 Å². The average Bonchev–Trinajstić information content (AvgIpc) is 2.40. The molecule has 1 heteroatoms. The molecule has 0 saturated heterocycles. The van der Waals surface area contributed by atoms with E-state index in [0.29, 0.717) is 0 Å². The van der Waals surface area contributed by atoms with Crippen LogP contribution in [-0.4, -0.2) is 0 Å². The molecule has 100 valence electrons. The molecule has 18 heavy (non-hydrogen) atoms. The van der Waals surface area contributed by atoms with Crippen molar-refractivity contribution < 1.29 is 0 Å². The Labute approximate surface area is 117 Å². The molecule has 0 amide bonds. The third kappa shape index (κ3) is 4.31. The van der Waals surface area contributed by atoms with E-state index < -0.39 is 0 Å². The van der Waals surface area contributed by atoms with Gasteiger partial charge in [-0.3, -0.25) is 0 Å². The van der Waals surface area contributed by atoms with Gasteiger partial charge < -0.3 is 0 Å². The average molecular weight is 265 g/mol. The van der Waals surface area contributed by atoms with Crippen molar-refractivity contribution in [2.75, 3.05) is 0 Å². The van der Waals surface area contributed by atoms with Crippen molar-refractivity contribution in [3.8, 4) is 0 Å². The number of halogens is 1. The van der Waals surface area contributed by atoms with Gasteiger partial charge in [-0.05, 0) is 42.4 Å². The maximum absolute atomic E-state index is 5.91. The molecule has 2 rings (SSSR count). The molecule has 1 aromatic carbocycles. The number of benzene rings is 1. The Morgan fingerprint density at radius 2 is 1.50 bits per heavy atom. The molecule has 1 aromatic rings. The van der Waals surface area contributed by atoms with E-state index >= 15 is 0 Å². The summed E-state index contributed by atoms with van der Waals surface area (Å²) in [5.74, 6) is 2.00. The molecule has 0 aliphatic heterocycles. The van der Waals surface area contributed by atoms with E-state index in [9.17, 15) is 0 Å². The topological polar surface area (TPSA) is 0 Å². The highest BCUT2D eigenvalue weighted by Crippen LogP contribution is 2.33. The molecule has 0 unspecified atom stereocenters. The van der Waals surface area contributed by atoms with Gasteiger partial charge in [0.05, 0.1) is 0 Å². The van der Waals surface area contributed by atoms with E-state index in [1.54, 1.807) is 0 Å². The van der Waals surface area contributed by atoms with Crippen LogP contribution in [0.4, 0.5) is 0 Å². The van der Waals surface area contributed by atoms with Gasteiger partial charge in [0.15, 0.2) is 0 Å². The Morgan fingerprint density at radius 3 is 2.06 bits per heavy atom. The minimum Gasteiger partial charge on any atom is -0.0843 e. The van der Waals surface area contributed by atoms with Crippen molar-refractivity contribution in [1.29, 1.82) is 0 Å². The number of rotatable bonds is 5. The first kappa shape index (κ1) is 13.9. The van der Waals surface area contributed by atoms with Crippen LogP contribution in [0.25, 0.3) is 0 Å². The molecule has 0 N–H and O–H groups in total. The number of aryl methyl sites for hydroxylation is 1. The van der Waals surface area contributed by atoms with Crippen LogP contribution in [-0.2, 0) is 6.42 Å². The second-order valence-corrected chi connectivity index (χ2v) is 6.28. The molecule has 0 radical (unpaired) electrons. The van der Waals surface area contributed by atoms with Gasteiger partial charge in [-0.1, -0.05) is 69.2 Å². The smallest absolute Gasteiger partial charge is 0.0406 e. The summed E-state index contributed by atoms with van der Waals surface area (Å²) in [5, 5.41) is 0.846. The summed E-state index contributed by atoms with van der Waals surface area (Å²) in [5.41, 5.74) is 1.44. The van der Waals surface area contributed by atoms with Gasteiger partial charge in [-0.25, -0.2) is 0 Å². The summed E-state index contributed by atoms with van der Waals surface area (Å²) in [7, 11) is 0. The zero-order chi connectivity index (χ0) is 12.8. The zero-order valence-electron chi connectivity index (χ0n) is 11.5. The number of hydrogen-bond acceptors (Lipinski definition) is 0. The van der Waals surface area contributed by atoms with Crippen LogP contribution in [0.3, 0.4) is 0 Å². The first-order valence-corrected chi connectivity index (χ1v) is 7.90. The first-order chi connectivity index (χ1) is 8.78.